The van der Waals surface area contributed by atoms with Gasteiger partial charge in [-0.25, -0.2) is 4.68 Å². The number of furan rings is 1. The number of carbonyl (C=O) groups excluding carboxylic acids is 2. The van der Waals surface area contributed by atoms with Gasteiger partial charge in [0.05, 0.1) is 24.3 Å². The second kappa shape index (κ2) is 9.90. The highest BCUT2D eigenvalue weighted by Crippen LogP contribution is 2.34. The molecule has 2 N–H and O–H groups in total. The Bertz CT molecular complexity index is 1000. The number of anilines is 1. The van der Waals surface area contributed by atoms with E-state index < -0.39 is 0 Å². The molecule has 3 heterocycles. The lowest BCUT2D eigenvalue weighted by Gasteiger charge is -2.11. The van der Waals surface area contributed by atoms with Crippen LogP contribution in [-0.4, -0.2) is 27.3 Å². The second-order valence-electron chi connectivity index (χ2n) is 6.81. The van der Waals surface area contributed by atoms with Crippen LogP contribution in [0.15, 0.2) is 53.1 Å². The molecule has 1 aliphatic heterocycles. The van der Waals surface area contributed by atoms with Crippen LogP contribution in [0.1, 0.15) is 22.6 Å². The molecule has 1 aromatic carbocycles. The van der Waals surface area contributed by atoms with Gasteiger partial charge in [0.25, 0.3) is 0 Å². The van der Waals surface area contributed by atoms with E-state index in [1.807, 2.05) is 30.3 Å². The highest BCUT2D eigenvalue weighted by atomic mass is 32.2. The number of thioether (sulfide) groups is 2. The van der Waals surface area contributed by atoms with Crippen molar-refractivity contribution in [3.8, 4) is 0 Å². The Labute approximate surface area is 183 Å². The largest absolute Gasteiger partial charge is 0.467 e. The van der Waals surface area contributed by atoms with Crippen LogP contribution in [0.3, 0.4) is 0 Å². The van der Waals surface area contributed by atoms with Gasteiger partial charge in [-0.15, -0.1) is 11.8 Å². The molecule has 9 heteroatoms. The molecule has 0 unspecified atom stereocenters. The van der Waals surface area contributed by atoms with Gasteiger partial charge in [0, 0.05) is 22.8 Å². The molecule has 30 heavy (non-hydrogen) atoms. The van der Waals surface area contributed by atoms with Crippen LogP contribution in [0.5, 0.6) is 0 Å². The van der Waals surface area contributed by atoms with Crippen LogP contribution < -0.4 is 10.6 Å². The van der Waals surface area contributed by atoms with Gasteiger partial charge in [-0.05, 0) is 17.7 Å². The molecule has 0 atom stereocenters. The summed E-state index contributed by atoms with van der Waals surface area (Å²) in [6, 6.07) is 13.6. The second-order valence-corrected chi connectivity index (χ2v) is 8.78. The minimum atomic E-state index is -0.186. The number of fused-ring (bicyclic) bond motifs is 1. The van der Waals surface area contributed by atoms with Crippen LogP contribution in [0.2, 0.25) is 0 Å². The fourth-order valence-electron chi connectivity index (χ4n) is 3.12. The lowest BCUT2D eigenvalue weighted by atomic mass is 10.2. The van der Waals surface area contributed by atoms with Gasteiger partial charge in [-0.3, -0.25) is 9.59 Å². The molecule has 7 nitrogen and oxygen atoms in total. The van der Waals surface area contributed by atoms with Gasteiger partial charge in [0.1, 0.15) is 18.1 Å². The highest BCUT2D eigenvalue weighted by molar-refractivity contribution is 7.99. The zero-order chi connectivity index (χ0) is 20.8. The summed E-state index contributed by atoms with van der Waals surface area (Å²) in [5, 5.41) is 10.3. The standard InChI is InChI=1S/C21H22N4O3S2/c26-19(22-9-16-7-4-8-28-16)10-25-21(17-12-30-13-18(17)24-25)23-20(27)14-29-11-15-5-2-1-3-6-15/h1-8H,9-14H2,(H,22,26)(H,23,27). The number of rotatable bonds is 9. The van der Waals surface area contributed by atoms with Crippen LogP contribution in [0, 0.1) is 0 Å². The monoisotopic (exact) mass is 442 g/mol. The minimum absolute atomic E-state index is 0.0468. The molecule has 0 bridgehead atoms. The molecule has 0 saturated heterocycles. The van der Waals surface area contributed by atoms with Gasteiger partial charge in [0.2, 0.25) is 11.8 Å². The third kappa shape index (κ3) is 5.28. The average Bonchev–Trinajstić information content (AvgIpc) is 3.47. The first-order valence-corrected chi connectivity index (χ1v) is 11.9. The molecule has 0 radical (unpaired) electrons. The van der Waals surface area contributed by atoms with E-state index in [1.54, 1.807) is 46.6 Å². The maximum absolute atomic E-state index is 12.5. The van der Waals surface area contributed by atoms with Crippen molar-refractivity contribution in [1.82, 2.24) is 15.1 Å². The minimum Gasteiger partial charge on any atom is -0.467 e. The Morgan fingerprint density at radius 1 is 1.13 bits per heavy atom. The molecule has 2 amide bonds. The number of nitrogens with zero attached hydrogens (tertiary/aromatic N) is 2. The Morgan fingerprint density at radius 3 is 2.80 bits per heavy atom. The third-order valence-electron chi connectivity index (χ3n) is 4.55. The van der Waals surface area contributed by atoms with Crippen molar-refractivity contribution in [3.63, 3.8) is 0 Å². The number of amides is 2. The average molecular weight is 443 g/mol. The van der Waals surface area contributed by atoms with E-state index >= 15 is 0 Å². The number of benzene rings is 1. The summed E-state index contributed by atoms with van der Waals surface area (Å²) >= 11 is 3.32. The summed E-state index contributed by atoms with van der Waals surface area (Å²) in [6.45, 7) is 0.367. The highest BCUT2D eigenvalue weighted by Gasteiger charge is 2.24. The summed E-state index contributed by atoms with van der Waals surface area (Å²) in [5.41, 5.74) is 3.14. The summed E-state index contributed by atoms with van der Waals surface area (Å²) in [6.07, 6.45) is 1.57. The van der Waals surface area contributed by atoms with E-state index in [0.717, 1.165) is 28.5 Å². The lowest BCUT2D eigenvalue weighted by molar-refractivity contribution is -0.122. The molecule has 0 spiro atoms. The molecule has 0 fully saturated rings. The maximum Gasteiger partial charge on any atom is 0.242 e. The number of nitrogens with one attached hydrogen (secondary N) is 2. The molecular formula is C21H22N4O3S2. The van der Waals surface area contributed by atoms with Gasteiger partial charge in [0.15, 0.2) is 0 Å². The molecule has 3 aromatic rings. The van der Waals surface area contributed by atoms with Crippen LogP contribution in [0.4, 0.5) is 5.82 Å². The number of hydrogen-bond donors (Lipinski definition) is 2. The van der Waals surface area contributed by atoms with Crippen molar-refractivity contribution in [2.24, 2.45) is 0 Å². The fourth-order valence-corrected chi connectivity index (χ4v) is 4.94. The van der Waals surface area contributed by atoms with Gasteiger partial charge < -0.3 is 15.1 Å². The maximum atomic E-state index is 12.5. The van der Waals surface area contributed by atoms with E-state index in [1.165, 1.54) is 5.56 Å². The molecule has 0 aliphatic carbocycles. The number of carbonyl (C=O) groups is 2. The van der Waals surface area contributed by atoms with Crippen LogP contribution in [-0.2, 0) is 39.9 Å². The van der Waals surface area contributed by atoms with Crippen molar-refractivity contribution in [3.05, 3.63) is 71.3 Å². The van der Waals surface area contributed by atoms with Crippen molar-refractivity contribution in [2.75, 3.05) is 11.1 Å². The molecule has 0 saturated carbocycles. The van der Waals surface area contributed by atoms with E-state index in [2.05, 4.69) is 15.7 Å². The topological polar surface area (TPSA) is 89.2 Å². The van der Waals surface area contributed by atoms with Crippen molar-refractivity contribution >= 4 is 41.2 Å². The SMILES string of the molecule is O=C(Cn1nc2c(c1NC(=O)CSCc1ccccc1)CSC2)NCc1ccco1. The summed E-state index contributed by atoms with van der Waals surface area (Å²) in [7, 11) is 0. The van der Waals surface area contributed by atoms with Crippen LogP contribution in [0.25, 0.3) is 0 Å². The Kier molecular flexibility index (Phi) is 6.81. The summed E-state index contributed by atoms with van der Waals surface area (Å²) in [5.74, 6) is 3.74. The zero-order valence-corrected chi connectivity index (χ0v) is 17.9. The van der Waals surface area contributed by atoms with Gasteiger partial charge in [-0.1, -0.05) is 30.3 Å². The molecule has 156 valence electrons. The van der Waals surface area contributed by atoms with Gasteiger partial charge >= 0.3 is 0 Å². The third-order valence-corrected chi connectivity index (χ3v) is 6.53. The predicted octanol–water partition coefficient (Wildman–Crippen LogP) is 3.41. The molecular weight excluding hydrogens is 420 g/mol. The molecule has 1 aliphatic rings. The van der Waals surface area contributed by atoms with Crippen molar-refractivity contribution in [1.29, 1.82) is 0 Å². The Hall–Kier alpha value is -2.65. The Morgan fingerprint density at radius 2 is 2.00 bits per heavy atom. The lowest BCUT2D eigenvalue weighted by Crippen LogP contribution is -2.29. The van der Waals surface area contributed by atoms with E-state index in [9.17, 15) is 9.59 Å². The summed E-state index contributed by atoms with van der Waals surface area (Å²) in [4.78, 5) is 24.9. The first kappa shape index (κ1) is 20.6. The quantitative estimate of drug-likeness (QED) is 0.528. The van der Waals surface area contributed by atoms with Crippen molar-refractivity contribution < 1.29 is 14.0 Å². The number of hydrogen-bond acceptors (Lipinski definition) is 6. The van der Waals surface area contributed by atoms with Crippen molar-refractivity contribution in [2.45, 2.75) is 30.3 Å². The Balaban J connectivity index is 1.34. The predicted molar refractivity (Wildman–Crippen MR) is 119 cm³/mol. The first-order chi connectivity index (χ1) is 14.7. The van der Waals surface area contributed by atoms with E-state index in [0.29, 0.717) is 23.9 Å². The van der Waals surface area contributed by atoms with E-state index in [4.69, 9.17) is 4.42 Å². The van der Waals surface area contributed by atoms with E-state index in [-0.39, 0.29) is 18.4 Å². The molecule has 2 aromatic heterocycles. The smallest absolute Gasteiger partial charge is 0.242 e. The number of aromatic nitrogens is 2. The first-order valence-electron chi connectivity index (χ1n) is 9.56. The van der Waals surface area contributed by atoms with Gasteiger partial charge in [-0.2, -0.15) is 16.9 Å². The zero-order valence-electron chi connectivity index (χ0n) is 16.3. The molecule has 4 rings (SSSR count). The fraction of sp³-hybridized carbons (Fsp3) is 0.286. The summed E-state index contributed by atoms with van der Waals surface area (Å²) < 4.78 is 6.83. The normalized spacial score (nSPS) is 12.5. The van der Waals surface area contributed by atoms with Crippen LogP contribution >= 0.6 is 23.5 Å².